The topological polar surface area (TPSA) is 52.0 Å². The van der Waals surface area contributed by atoms with E-state index in [0.29, 0.717) is 0 Å². The van der Waals surface area contributed by atoms with Gasteiger partial charge < -0.3 is 11.5 Å². The molecule has 4 N–H and O–H groups in total. The van der Waals surface area contributed by atoms with Gasteiger partial charge in [-0.1, -0.05) is 0 Å². The third-order valence-corrected chi connectivity index (χ3v) is 0. The third-order valence-electron chi connectivity index (χ3n) is 0. The Kier molecular flexibility index (Phi) is 20.1. The van der Waals surface area contributed by atoms with Crippen LogP contribution in [0.25, 0.3) is 0 Å². The van der Waals surface area contributed by atoms with Crippen LogP contribution in [0.4, 0.5) is 0 Å². The Morgan fingerprint density at radius 2 is 1.25 bits per heavy atom. The minimum absolute atomic E-state index is 0. The summed E-state index contributed by atoms with van der Waals surface area (Å²) in [5.41, 5.74) is 9.25. The quantitative estimate of drug-likeness (QED) is 0.261. The van der Waals surface area contributed by atoms with Crippen LogP contribution in [0.15, 0.2) is 0 Å². The number of hydrogen-bond acceptors (Lipinski definition) is 2. The van der Waals surface area contributed by atoms with Crippen molar-refractivity contribution in [1.29, 1.82) is 0 Å². The molecule has 0 radical (unpaired) electrons. The van der Waals surface area contributed by atoms with Gasteiger partial charge >= 0.3 is 29.6 Å². The van der Waals surface area contributed by atoms with E-state index in [2.05, 4.69) is 11.5 Å². The molecule has 0 spiro atoms. The van der Waals surface area contributed by atoms with Crippen LogP contribution in [0.3, 0.4) is 0 Å². The summed E-state index contributed by atoms with van der Waals surface area (Å²) in [4.78, 5) is 0. The van der Waals surface area contributed by atoms with Crippen molar-refractivity contribution >= 4 is 29.6 Å². The van der Waals surface area contributed by atoms with E-state index in [1.807, 2.05) is 0 Å². The van der Waals surface area contributed by atoms with Crippen LogP contribution in [0.2, 0.25) is 0 Å². The summed E-state index contributed by atoms with van der Waals surface area (Å²) in [5, 5.41) is 0. The maximum absolute atomic E-state index is 4.62. The molecule has 0 aliphatic rings. The molecule has 2 nitrogen and oxygen atoms in total. The van der Waals surface area contributed by atoms with Crippen LogP contribution in [0.1, 0.15) is 0 Å². The fourth-order valence-corrected chi connectivity index (χ4v) is 0. The van der Waals surface area contributed by atoms with E-state index in [-0.39, 0.29) is 36.2 Å². The summed E-state index contributed by atoms with van der Waals surface area (Å²) in [6, 6.07) is 0. The summed E-state index contributed by atoms with van der Waals surface area (Å²) in [7, 11) is 0. The van der Waals surface area contributed by atoms with Crippen molar-refractivity contribution in [2.24, 2.45) is 11.5 Å². The second kappa shape index (κ2) is 9.07. The van der Waals surface area contributed by atoms with Gasteiger partial charge in [0.25, 0.3) is 0 Å². The van der Waals surface area contributed by atoms with Gasteiger partial charge in [-0.05, 0) is 0 Å². The van der Waals surface area contributed by atoms with Crippen molar-refractivity contribution in [3.63, 3.8) is 0 Å². The molecule has 0 unspecified atom stereocenters. The second-order valence-corrected chi connectivity index (χ2v) is 0.236. The zero-order valence-corrected chi connectivity index (χ0v) is 1.86. The predicted octanol–water partition coefficient (Wildman–Crippen LogP) is -1.79. The van der Waals surface area contributed by atoms with Gasteiger partial charge in [0.2, 0.25) is 0 Å². The zero-order valence-electron chi connectivity index (χ0n) is 1.86. The third kappa shape index (κ3) is 12.7. The van der Waals surface area contributed by atoms with E-state index in [1.165, 1.54) is 0 Å². The summed E-state index contributed by atoms with van der Waals surface area (Å²) in [6.45, 7) is 0.250. The molecule has 4 heavy (non-hydrogen) atoms. The van der Waals surface area contributed by atoms with Gasteiger partial charge in [0.1, 0.15) is 0 Å². The minimum atomic E-state index is 0. The number of hydrogen-bond donors (Lipinski definition) is 2. The predicted molar refractivity (Wildman–Crippen MR) is 20.4 cm³/mol. The molecule has 0 aromatic carbocycles. The molecule has 0 saturated carbocycles. The van der Waals surface area contributed by atoms with Crippen LogP contribution < -0.4 is 11.5 Å². The first-order chi connectivity index (χ1) is 1.41. The first kappa shape index (κ1) is 8.87. The summed E-state index contributed by atoms with van der Waals surface area (Å²) in [5.74, 6) is 0. The zero-order chi connectivity index (χ0) is 2.71. The van der Waals surface area contributed by atoms with Crippen molar-refractivity contribution in [2.45, 2.75) is 0 Å². The number of nitrogens with two attached hydrogens (primary N) is 2. The molecule has 3 heteroatoms. The van der Waals surface area contributed by atoms with Crippen molar-refractivity contribution in [2.75, 3.05) is 6.67 Å². The average Bonchev–Trinajstić information content (AvgIpc) is 0.918. The molecule has 0 fully saturated rings. The molecule has 0 rings (SSSR count). The van der Waals surface area contributed by atoms with E-state index in [4.69, 9.17) is 0 Å². The van der Waals surface area contributed by atoms with Gasteiger partial charge in [-0.2, -0.15) is 0 Å². The van der Waals surface area contributed by atoms with Crippen LogP contribution in [-0.4, -0.2) is 36.2 Å². The Balaban J connectivity index is 0. The molecular formula is CH7N2Na. The van der Waals surface area contributed by atoms with E-state index in [9.17, 15) is 0 Å². The van der Waals surface area contributed by atoms with Crippen molar-refractivity contribution < 1.29 is 0 Å². The van der Waals surface area contributed by atoms with Crippen LogP contribution >= 0.6 is 0 Å². The van der Waals surface area contributed by atoms with Crippen molar-refractivity contribution in [1.82, 2.24) is 0 Å². The molecule has 0 aromatic rings. The summed E-state index contributed by atoms with van der Waals surface area (Å²) in [6.07, 6.45) is 0. The van der Waals surface area contributed by atoms with E-state index >= 15 is 0 Å². The summed E-state index contributed by atoms with van der Waals surface area (Å²) >= 11 is 0. The fourth-order valence-electron chi connectivity index (χ4n) is 0. The molecule has 0 aromatic heterocycles. The van der Waals surface area contributed by atoms with E-state index < -0.39 is 0 Å². The van der Waals surface area contributed by atoms with E-state index in [0.717, 1.165) is 0 Å². The standard InChI is InChI=1S/CH6N2.Na.H/c2-1-3;;/h1-3H2;;. The van der Waals surface area contributed by atoms with Gasteiger partial charge in [-0.3, -0.25) is 0 Å². The maximum atomic E-state index is 4.62. The molecule has 22 valence electrons. The van der Waals surface area contributed by atoms with Crippen LogP contribution in [-0.2, 0) is 0 Å². The normalized spacial score (nSPS) is 4.50. The molecule has 0 aliphatic heterocycles. The monoisotopic (exact) mass is 70.1 g/mol. The molecule has 0 aliphatic carbocycles. The van der Waals surface area contributed by atoms with Gasteiger partial charge in [-0.15, -0.1) is 0 Å². The molecule has 0 heterocycles. The SMILES string of the molecule is NCN.[NaH]. The fraction of sp³-hybridized carbons (Fsp3) is 1.00. The Bertz CT molecular complexity index is 6.00. The van der Waals surface area contributed by atoms with Gasteiger partial charge in [0, 0.05) is 6.67 Å². The van der Waals surface area contributed by atoms with Gasteiger partial charge in [0.05, 0.1) is 0 Å². The molecule has 0 atom stereocenters. The Morgan fingerprint density at radius 3 is 1.25 bits per heavy atom. The van der Waals surface area contributed by atoms with Crippen molar-refractivity contribution in [3.05, 3.63) is 0 Å². The molecular weight excluding hydrogens is 63.0 g/mol. The average molecular weight is 70.1 g/mol. The Morgan fingerprint density at radius 1 is 1.25 bits per heavy atom. The van der Waals surface area contributed by atoms with Crippen LogP contribution in [0, 0.1) is 0 Å². The first-order valence-electron chi connectivity index (χ1n) is 0.816. The Hall–Kier alpha value is 0.920. The first-order valence-corrected chi connectivity index (χ1v) is 0.816. The molecule has 0 bridgehead atoms. The van der Waals surface area contributed by atoms with Crippen molar-refractivity contribution in [3.8, 4) is 0 Å². The van der Waals surface area contributed by atoms with E-state index in [1.54, 1.807) is 0 Å². The Labute approximate surface area is 47.8 Å². The second-order valence-electron chi connectivity index (χ2n) is 0.236. The number of rotatable bonds is 0. The summed E-state index contributed by atoms with van der Waals surface area (Å²) < 4.78 is 0. The van der Waals surface area contributed by atoms with Gasteiger partial charge in [-0.25, -0.2) is 0 Å². The van der Waals surface area contributed by atoms with Gasteiger partial charge in [0.15, 0.2) is 0 Å². The molecule has 0 amide bonds. The van der Waals surface area contributed by atoms with Crippen LogP contribution in [0.5, 0.6) is 0 Å². The molecule has 0 saturated heterocycles.